The Labute approximate surface area is 167 Å². The van der Waals surface area contributed by atoms with Crippen LogP contribution < -0.4 is 10.6 Å². The zero-order chi connectivity index (χ0) is 19.8. The fourth-order valence-electron chi connectivity index (χ4n) is 3.68. The molecule has 1 heterocycles. The fraction of sp³-hybridized carbons (Fsp3) is 0.391. The summed E-state index contributed by atoms with van der Waals surface area (Å²) in [4.78, 5) is 25.6. The third-order valence-corrected chi connectivity index (χ3v) is 5.22. The number of carbonyl (C=O) groups excluding carboxylic acids is 2. The molecular formula is C23H29N3O2. The molecule has 2 aromatic carbocycles. The lowest BCUT2D eigenvalue weighted by Gasteiger charge is -2.31. The number of anilines is 2. The second-order valence-electron chi connectivity index (χ2n) is 7.53. The first-order valence-corrected chi connectivity index (χ1v) is 10.0. The molecule has 0 saturated carbocycles. The molecule has 5 heteroatoms. The molecule has 1 aliphatic rings. The van der Waals surface area contributed by atoms with Gasteiger partial charge in [0.2, 0.25) is 11.8 Å². The lowest BCUT2D eigenvalue weighted by Crippen LogP contribution is -2.36. The van der Waals surface area contributed by atoms with Gasteiger partial charge in [0, 0.05) is 31.3 Å². The normalized spacial score (nSPS) is 15.2. The third-order valence-electron chi connectivity index (χ3n) is 5.22. The van der Waals surface area contributed by atoms with Crippen LogP contribution in [0.25, 0.3) is 0 Å². The van der Waals surface area contributed by atoms with Crippen LogP contribution in [0.15, 0.2) is 54.6 Å². The number of nitrogens with one attached hydrogen (secondary N) is 2. The van der Waals surface area contributed by atoms with Gasteiger partial charge >= 0.3 is 0 Å². The van der Waals surface area contributed by atoms with E-state index in [1.54, 1.807) is 24.3 Å². The van der Waals surface area contributed by atoms with E-state index in [0.717, 1.165) is 43.3 Å². The Morgan fingerprint density at radius 3 is 2.14 bits per heavy atom. The first kappa shape index (κ1) is 20.1. The van der Waals surface area contributed by atoms with Crippen LogP contribution in [0.3, 0.4) is 0 Å². The van der Waals surface area contributed by atoms with E-state index in [4.69, 9.17) is 0 Å². The number of carbonyl (C=O) groups is 2. The number of rotatable bonds is 7. The fourth-order valence-corrected chi connectivity index (χ4v) is 3.68. The molecule has 1 fully saturated rings. The lowest BCUT2D eigenvalue weighted by molar-refractivity contribution is -0.116. The number of likely N-dealkylation sites (tertiary alicyclic amines) is 1. The topological polar surface area (TPSA) is 61.4 Å². The molecule has 0 bridgehead atoms. The Bertz CT molecular complexity index is 766. The van der Waals surface area contributed by atoms with Gasteiger partial charge in [-0.1, -0.05) is 30.3 Å². The van der Waals surface area contributed by atoms with Crippen molar-refractivity contribution in [2.75, 3.05) is 30.3 Å². The van der Waals surface area contributed by atoms with Crippen molar-refractivity contribution in [3.8, 4) is 0 Å². The van der Waals surface area contributed by atoms with E-state index in [2.05, 4.69) is 45.9 Å². The molecule has 2 amide bonds. The molecule has 2 aromatic rings. The second-order valence-corrected chi connectivity index (χ2v) is 7.53. The maximum absolute atomic E-state index is 12.2. The molecule has 1 saturated heterocycles. The van der Waals surface area contributed by atoms with Crippen molar-refractivity contribution in [1.82, 2.24) is 4.90 Å². The smallest absolute Gasteiger partial charge is 0.225 e. The highest BCUT2D eigenvalue weighted by atomic mass is 16.2. The highest BCUT2D eigenvalue weighted by molar-refractivity contribution is 5.92. The van der Waals surface area contributed by atoms with Crippen molar-refractivity contribution in [3.05, 3.63) is 60.2 Å². The minimum Gasteiger partial charge on any atom is -0.326 e. The van der Waals surface area contributed by atoms with Crippen molar-refractivity contribution < 1.29 is 9.59 Å². The molecule has 0 unspecified atom stereocenters. The molecule has 0 aliphatic carbocycles. The summed E-state index contributed by atoms with van der Waals surface area (Å²) >= 11 is 0. The number of piperidine rings is 1. The SMILES string of the molecule is CC(=O)Nc1ccc(NC(=O)CCN2CCC(Cc3ccccc3)CC2)cc1. The van der Waals surface area contributed by atoms with Crippen molar-refractivity contribution in [2.45, 2.75) is 32.6 Å². The van der Waals surface area contributed by atoms with Gasteiger partial charge in [0.1, 0.15) is 0 Å². The number of benzene rings is 2. The Morgan fingerprint density at radius 2 is 1.54 bits per heavy atom. The summed E-state index contributed by atoms with van der Waals surface area (Å²) < 4.78 is 0. The highest BCUT2D eigenvalue weighted by Gasteiger charge is 2.19. The Hall–Kier alpha value is -2.66. The number of nitrogens with zero attached hydrogens (tertiary/aromatic N) is 1. The van der Waals surface area contributed by atoms with Gasteiger partial charge in [-0.05, 0) is 68.1 Å². The summed E-state index contributed by atoms with van der Waals surface area (Å²) in [5.41, 5.74) is 2.90. The lowest BCUT2D eigenvalue weighted by atomic mass is 9.90. The number of amides is 2. The summed E-state index contributed by atoms with van der Waals surface area (Å²) in [7, 11) is 0. The Kier molecular flexibility index (Phi) is 7.20. The third kappa shape index (κ3) is 6.50. The van der Waals surface area contributed by atoms with E-state index in [1.165, 1.54) is 25.3 Å². The van der Waals surface area contributed by atoms with Gasteiger partial charge < -0.3 is 15.5 Å². The van der Waals surface area contributed by atoms with Crippen molar-refractivity contribution in [3.63, 3.8) is 0 Å². The average molecular weight is 380 g/mol. The highest BCUT2D eigenvalue weighted by Crippen LogP contribution is 2.22. The van der Waals surface area contributed by atoms with Crippen LogP contribution >= 0.6 is 0 Å². The first-order chi connectivity index (χ1) is 13.6. The molecule has 3 rings (SSSR count). The van der Waals surface area contributed by atoms with Gasteiger partial charge in [-0.3, -0.25) is 9.59 Å². The van der Waals surface area contributed by atoms with E-state index in [9.17, 15) is 9.59 Å². The van der Waals surface area contributed by atoms with E-state index in [1.807, 2.05) is 0 Å². The first-order valence-electron chi connectivity index (χ1n) is 10.0. The summed E-state index contributed by atoms with van der Waals surface area (Å²) in [5, 5.41) is 5.64. The summed E-state index contributed by atoms with van der Waals surface area (Å²) in [6.45, 7) is 4.40. The van der Waals surface area contributed by atoms with Crippen molar-refractivity contribution in [2.24, 2.45) is 5.92 Å². The molecule has 0 spiro atoms. The predicted octanol–water partition coefficient (Wildman–Crippen LogP) is 3.93. The second kappa shape index (κ2) is 10.0. The van der Waals surface area contributed by atoms with Crippen molar-refractivity contribution >= 4 is 23.2 Å². The standard InChI is InChI=1S/C23H29N3O2/c1-18(27)24-21-7-9-22(10-8-21)25-23(28)13-16-26-14-11-20(12-15-26)17-19-5-3-2-4-6-19/h2-10,20H,11-17H2,1H3,(H,24,27)(H,25,28). The zero-order valence-corrected chi connectivity index (χ0v) is 16.5. The van der Waals surface area contributed by atoms with Crippen LogP contribution in [-0.2, 0) is 16.0 Å². The van der Waals surface area contributed by atoms with Crippen LogP contribution in [0.1, 0.15) is 31.7 Å². The molecule has 1 aliphatic heterocycles. The minimum absolute atomic E-state index is 0.0266. The van der Waals surface area contributed by atoms with E-state index < -0.39 is 0 Å². The maximum Gasteiger partial charge on any atom is 0.225 e. The van der Waals surface area contributed by atoms with Crippen LogP contribution in [0, 0.1) is 5.92 Å². The van der Waals surface area contributed by atoms with Gasteiger partial charge in [0.05, 0.1) is 0 Å². The Morgan fingerprint density at radius 1 is 0.929 bits per heavy atom. The van der Waals surface area contributed by atoms with Gasteiger partial charge in [-0.15, -0.1) is 0 Å². The minimum atomic E-state index is -0.107. The average Bonchev–Trinajstić information content (AvgIpc) is 2.69. The van der Waals surface area contributed by atoms with E-state index in [-0.39, 0.29) is 11.8 Å². The van der Waals surface area contributed by atoms with Gasteiger partial charge in [-0.2, -0.15) is 0 Å². The molecule has 5 nitrogen and oxygen atoms in total. The van der Waals surface area contributed by atoms with Crippen LogP contribution in [-0.4, -0.2) is 36.3 Å². The summed E-state index contributed by atoms with van der Waals surface area (Å²) in [6.07, 6.45) is 4.04. The molecule has 0 aromatic heterocycles. The van der Waals surface area contributed by atoms with E-state index >= 15 is 0 Å². The molecular weight excluding hydrogens is 350 g/mol. The molecule has 0 radical (unpaired) electrons. The molecule has 148 valence electrons. The number of hydrogen-bond acceptors (Lipinski definition) is 3. The summed E-state index contributed by atoms with van der Waals surface area (Å²) in [6, 6.07) is 17.9. The van der Waals surface area contributed by atoms with E-state index in [0.29, 0.717) is 6.42 Å². The largest absolute Gasteiger partial charge is 0.326 e. The van der Waals surface area contributed by atoms with Gasteiger partial charge in [0.25, 0.3) is 0 Å². The van der Waals surface area contributed by atoms with Gasteiger partial charge in [0.15, 0.2) is 0 Å². The molecule has 2 N–H and O–H groups in total. The summed E-state index contributed by atoms with van der Waals surface area (Å²) in [5.74, 6) is 0.664. The van der Waals surface area contributed by atoms with Crippen LogP contribution in [0.4, 0.5) is 11.4 Å². The molecule has 0 atom stereocenters. The van der Waals surface area contributed by atoms with Gasteiger partial charge in [-0.25, -0.2) is 0 Å². The monoisotopic (exact) mass is 379 g/mol. The maximum atomic E-state index is 12.2. The van der Waals surface area contributed by atoms with Crippen LogP contribution in [0.2, 0.25) is 0 Å². The predicted molar refractivity (Wildman–Crippen MR) is 113 cm³/mol. The molecule has 28 heavy (non-hydrogen) atoms. The zero-order valence-electron chi connectivity index (χ0n) is 16.5. The van der Waals surface area contributed by atoms with Crippen molar-refractivity contribution in [1.29, 1.82) is 0 Å². The quantitative estimate of drug-likeness (QED) is 0.766. The Balaban J connectivity index is 1.35. The number of hydrogen-bond donors (Lipinski definition) is 2. The van der Waals surface area contributed by atoms with Crippen LogP contribution in [0.5, 0.6) is 0 Å².